The van der Waals surface area contributed by atoms with Crippen molar-refractivity contribution in [3.05, 3.63) is 0 Å². The molecule has 0 radical (unpaired) electrons. The van der Waals surface area contributed by atoms with Crippen LogP contribution in [0.4, 0.5) is 5.95 Å². The Morgan fingerprint density at radius 1 is 1.12 bits per heavy atom. The van der Waals surface area contributed by atoms with E-state index in [4.69, 9.17) is 0 Å². The van der Waals surface area contributed by atoms with E-state index in [-0.39, 0.29) is 12.4 Å². The molecule has 0 saturated carbocycles. The van der Waals surface area contributed by atoms with Crippen LogP contribution in [0.25, 0.3) is 0 Å². The van der Waals surface area contributed by atoms with E-state index in [0.29, 0.717) is 0 Å². The van der Waals surface area contributed by atoms with Gasteiger partial charge in [-0.3, -0.25) is 0 Å². The Labute approximate surface area is 103 Å². The summed E-state index contributed by atoms with van der Waals surface area (Å²) in [6, 6.07) is 0. The van der Waals surface area contributed by atoms with Crippen molar-refractivity contribution in [2.45, 2.75) is 52.5 Å². The van der Waals surface area contributed by atoms with Gasteiger partial charge in [-0.05, 0) is 23.8 Å². The second kappa shape index (κ2) is 9.39. The fraction of sp³-hybridized carbons (Fsp3) is 0.900. The first-order chi connectivity index (χ1) is 7.38. The van der Waals surface area contributed by atoms with Crippen LogP contribution in [-0.4, -0.2) is 26.8 Å². The first-order valence-corrected chi connectivity index (χ1v) is 5.88. The molecule has 16 heavy (non-hydrogen) atoms. The Morgan fingerprint density at radius 3 is 2.56 bits per heavy atom. The number of unbranched alkanes of at least 4 members (excludes halogenated alkanes) is 4. The number of anilines is 1. The monoisotopic (exact) mass is 247 g/mol. The number of hydrogen-bond donors (Lipinski definition) is 1. The average molecular weight is 248 g/mol. The molecule has 0 amide bonds. The van der Waals surface area contributed by atoms with Crippen molar-refractivity contribution < 1.29 is 0 Å². The Kier molecular flexibility index (Phi) is 8.90. The van der Waals surface area contributed by atoms with E-state index in [9.17, 15) is 0 Å². The minimum atomic E-state index is 0. The Hall–Kier alpha value is -0.840. The molecule has 0 saturated heterocycles. The normalized spacial score (nSPS) is 9.88. The molecule has 1 aromatic heterocycles. The van der Waals surface area contributed by atoms with Gasteiger partial charge in [-0.1, -0.05) is 37.7 Å². The minimum Gasteiger partial charge on any atom is -0.353 e. The standard InChI is InChI=1S/C10H21N5.ClH/c1-3-5-6-7-8-9-15-10(11-4-2)12-13-14-15;/h3-9H2,1-2H3,(H,11,12,14);1H. The van der Waals surface area contributed by atoms with Crippen molar-refractivity contribution in [1.29, 1.82) is 0 Å². The molecule has 6 heteroatoms. The second-order valence-corrected chi connectivity index (χ2v) is 3.67. The van der Waals surface area contributed by atoms with Crippen molar-refractivity contribution >= 4 is 18.4 Å². The number of aromatic nitrogens is 4. The van der Waals surface area contributed by atoms with Crippen LogP contribution in [0.2, 0.25) is 0 Å². The Morgan fingerprint density at radius 2 is 1.88 bits per heavy atom. The minimum absolute atomic E-state index is 0. The van der Waals surface area contributed by atoms with Gasteiger partial charge < -0.3 is 5.32 Å². The molecule has 1 rings (SSSR count). The molecule has 0 aliphatic rings. The number of halogens is 1. The second-order valence-electron chi connectivity index (χ2n) is 3.67. The first-order valence-electron chi connectivity index (χ1n) is 5.88. The molecule has 0 bridgehead atoms. The third-order valence-corrected chi connectivity index (χ3v) is 2.34. The summed E-state index contributed by atoms with van der Waals surface area (Å²) in [5.41, 5.74) is 0. The summed E-state index contributed by atoms with van der Waals surface area (Å²) in [5.74, 6) is 0.785. The number of aryl methyl sites for hydroxylation is 1. The fourth-order valence-corrected chi connectivity index (χ4v) is 1.51. The van der Waals surface area contributed by atoms with Gasteiger partial charge in [0.05, 0.1) is 0 Å². The summed E-state index contributed by atoms with van der Waals surface area (Å²) in [4.78, 5) is 0. The maximum absolute atomic E-state index is 3.95. The van der Waals surface area contributed by atoms with Gasteiger partial charge in [-0.2, -0.15) is 0 Å². The molecule has 0 fully saturated rings. The Bertz CT molecular complexity index is 263. The number of nitrogens with one attached hydrogen (secondary N) is 1. The third-order valence-electron chi connectivity index (χ3n) is 2.34. The van der Waals surface area contributed by atoms with Crippen LogP contribution >= 0.6 is 12.4 Å². The van der Waals surface area contributed by atoms with Crippen molar-refractivity contribution in [1.82, 2.24) is 20.2 Å². The molecule has 0 aliphatic carbocycles. The van der Waals surface area contributed by atoms with E-state index in [1.807, 2.05) is 11.6 Å². The van der Waals surface area contributed by atoms with E-state index < -0.39 is 0 Å². The molecule has 1 N–H and O–H groups in total. The molecule has 5 nitrogen and oxygen atoms in total. The highest BCUT2D eigenvalue weighted by molar-refractivity contribution is 5.85. The van der Waals surface area contributed by atoms with Gasteiger partial charge >= 0.3 is 0 Å². The zero-order valence-electron chi connectivity index (χ0n) is 10.1. The number of hydrogen-bond acceptors (Lipinski definition) is 4. The quantitative estimate of drug-likeness (QED) is 0.717. The van der Waals surface area contributed by atoms with Crippen molar-refractivity contribution in [2.24, 2.45) is 0 Å². The maximum Gasteiger partial charge on any atom is 0.242 e. The summed E-state index contributed by atoms with van der Waals surface area (Å²) in [7, 11) is 0. The molecule has 1 heterocycles. The molecular weight excluding hydrogens is 226 g/mol. The van der Waals surface area contributed by atoms with E-state index in [1.165, 1.54) is 25.7 Å². The molecule has 0 spiro atoms. The first kappa shape index (κ1) is 15.2. The number of tetrazole rings is 1. The zero-order chi connectivity index (χ0) is 10.9. The lowest BCUT2D eigenvalue weighted by atomic mass is 10.1. The molecule has 0 unspecified atom stereocenters. The van der Waals surface area contributed by atoms with E-state index in [2.05, 4.69) is 27.8 Å². The van der Waals surface area contributed by atoms with Gasteiger partial charge in [-0.25, -0.2) is 4.68 Å². The summed E-state index contributed by atoms with van der Waals surface area (Å²) in [6.07, 6.45) is 6.35. The molecule has 1 aromatic rings. The highest BCUT2D eigenvalue weighted by atomic mass is 35.5. The predicted octanol–water partition coefficient (Wildman–Crippen LogP) is 2.50. The van der Waals surface area contributed by atoms with E-state index in [0.717, 1.165) is 25.5 Å². The highest BCUT2D eigenvalue weighted by Gasteiger charge is 2.02. The highest BCUT2D eigenvalue weighted by Crippen LogP contribution is 2.06. The topological polar surface area (TPSA) is 55.6 Å². The van der Waals surface area contributed by atoms with Gasteiger partial charge in [-0.15, -0.1) is 12.4 Å². The molecule has 0 atom stereocenters. The van der Waals surface area contributed by atoms with Crippen LogP contribution in [0, 0.1) is 0 Å². The van der Waals surface area contributed by atoms with Crippen LogP contribution in [0.5, 0.6) is 0 Å². The van der Waals surface area contributed by atoms with Gasteiger partial charge in [0.1, 0.15) is 0 Å². The number of nitrogens with zero attached hydrogens (tertiary/aromatic N) is 4. The van der Waals surface area contributed by atoms with Crippen LogP contribution in [0.15, 0.2) is 0 Å². The van der Waals surface area contributed by atoms with Gasteiger partial charge in [0.15, 0.2) is 0 Å². The van der Waals surface area contributed by atoms with Crippen molar-refractivity contribution in [3.63, 3.8) is 0 Å². The maximum atomic E-state index is 3.95. The van der Waals surface area contributed by atoms with Gasteiger partial charge in [0.25, 0.3) is 0 Å². The van der Waals surface area contributed by atoms with Crippen molar-refractivity contribution in [3.8, 4) is 0 Å². The average Bonchev–Trinajstić information content (AvgIpc) is 2.66. The smallest absolute Gasteiger partial charge is 0.242 e. The van der Waals surface area contributed by atoms with Crippen molar-refractivity contribution in [2.75, 3.05) is 11.9 Å². The van der Waals surface area contributed by atoms with Crippen LogP contribution in [0.3, 0.4) is 0 Å². The SMILES string of the molecule is CCCCCCCn1nnnc1NCC.Cl. The van der Waals surface area contributed by atoms with Crippen LogP contribution in [-0.2, 0) is 6.54 Å². The summed E-state index contributed by atoms with van der Waals surface area (Å²) < 4.78 is 1.84. The zero-order valence-corrected chi connectivity index (χ0v) is 11.0. The fourth-order valence-electron chi connectivity index (χ4n) is 1.51. The lowest BCUT2D eigenvalue weighted by molar-refractivity contribution is 0.524. The summed E-state index contributed by atoms with van der Waals surface area (Å²) in [6.45, 7) is 6.04. The van der Waals surface area contributed by atoms with E-state index in [1.54, 1.807) is 0 Å². The molecule has 0 aliphatic heterocycles. The molecule has 94 valence electrons. The third kappa shape index (κ3) is 5.30. The summed E-state index contributed by atoms with van der Waals surface area (Å²) >= 11 is 0. The largest absolute Gasteiger partial charge is 0.353 e. The number of rotatable bonds is 8. The summed E-state index contributed by atoms with van der Waals surface area (Å²) in [5, 5.41) is 14.6. The lowest BCUT2D eigenvalue weighted by Crippen LogP contribution is -2.08. The predicted molar refractivity (Wildman–Crippen MR) is 68.0 cm³/mol. The molecular formula is C10H22ClN5. The van der Waals surface area contributed by atoms with Gasteiger partial charge in [0.2, 0.25) is 5.95 Å². The van der Waals surface area contributed by atoms with Crippen LogP contribution in [0.1, 0.15) is 46.0 Å². The van der Waals surface area contributed by atoms with Crippen LogP contribution < -0.4 is 5.32 Å². The van der Waals surface area contributed by atoms with E-state index >= 15 is 0 Å². The lowest BCUT2D eigenvalue weighted by Gasteiger charge is -2.04. The molecule has 0 aromatic carbocycles. The Balaban J connectivity index is 0.00000225. The van der Waals surface area contributed by atoms with Gasteiger partial charge in [0, 0.05) is 13.1 Å².